The molecule has 2 N–H and O–H groups in total. The van der Waals surface area contributed by atoms with Crippen molar-refractivity contribution in [3.63, 3.8) is 0 Å². The standard InChI is InChI=1S/C12H23N5OS/c1-6-16(7-2)10(18)9(5)19-12-15-14-11(13)17(12)8(3)4/h8-9H,6-7H2,1-5H3,(H2,13,14). The second-order valence-electron chi connectivity index (χ2n) is 4.58. The zero-order valence-corrected chi connectivity index (χ0v) is 13.1. The van der Waals surface area contributed by atoms with Gasteiger partial charge in [-0.05, 0) is 34.6 Å². The van der Waals surface area contributed by atoms with Crippen LogP contribution in [-0.4, -0.2) is 43.9 Å². The van der Waals surface area contributed by atoms with Gasteiger partial charge in [-0.2, -0.15) is 0 Å². The van der Waals surface area contributed by atoms with Crippen molar-refractivity contribution in [2.45, 2.75) is 51.1 Å². The average Bonchev–Trinajstić information content (AvgIpc) is 2.71. The molecule has 1 amide bonds. The molecule has 1 rings (SSSR count). The van der Waals surface area contributed by atoms with E-state index >= 15 is 0 Å². The zero-order valence-electron chi connectivity index (χ0n) is 12.3. The Kier molecular flexibility index (Phi) is 5.65. The summed E-state index contributed by atoms with van der Waals surface area (Å²) in [5, 5.41) is 8.43. The maximum absolute atomic E-state index is 12.2. The molecule has 1 heterocycles. The third-order valence-electron chi connectivity index (χ3n) is 2.91. The van der Waals surface area contributed by atoms with Gasteiger partial charge in [0.2, 0.25) is 11.9 Å². The molecule has 19 heavy (non-hydrogen) atoms. The Hall–Kier alpha value is -1.24. The summed E-state index contributed by atoms with van der Waals surface area (Å²) in [5.74, 6) is 0.506. The molecular weight excluding hydrogens is 262 g/mol. The van der Waals surface area contributed by atoms with Crippen LogP contribution in [0.4, 0.5) is 5.95 Å². The monoisotopic (exact) mass is 285 g/mol. The van der Waals surface area contributed by atoms with Gasteiger partial charge in [0, 0.05) is 19.1 Å². The first-order valence-electron chi connectivity index (χ1n) is 6.58. The van der Waals surface area contributed by atoms with Crippen molar-refractivity contribution in [1.29, 1.82) is 0 Å². The SMILES string of the molecule is CCN(CC)C(=O)C(C)Sc1nnc(N)n1C(C)C. The molecule has 0 fully saturated rings. The quantitative estimate of drug-likeness (QED) is 0.806. The number of nitrogens with two attached hydrogens (primary N) is 1. The number of carbonyl (C=O) groups excluding carboxylic acids is 1. The van der Waals surface area contributed by atoms with E-state index in [1.807, 2.05) is 44.1 Å². The molecule has 1 atom stereocenters. The number of hydrogen-bond acceptors (Lipinski definition) is 5. The highest BCUT2D eigenvalue weighted by Crippen LogP contribution is 2.27. The van der Waals surface area contributed by atoms with Gasteiger partial charge in [0.1, 0.15) is 0 Å². The number of carbonyl (C=O) groups is 1. The Morgan fingerprint density at radius 2 is 1.89 bits per heavy atom. The molecule has 1 aromatic rings. The number of amides is 1. The van der Waals surface area contributed by atoms with Gasteiger partial charge >= 0.3 is 0 Å². The number of aromatic nitrogens is 3. The lowest BCUT2D eigenvalue weighted by Crippen LogP contribution is -2.36. The molecule has 108 valence electrons. The van der Waals surface area contributed by atoms with Crippen LogP contribution in [0.2, 0.25) is 0 Å². The third kappa shape index (κ3) is 3.62. The minimum absolute atomic E-state index is 0.117. The second kappa shape index (κ2) is 6.79. The van der Waals surface area contributed by atoms with E-state index in [4.69, 9.17) is 5.73 Å². The predicted molar refractivity (Wildman–Crippen MR) is 78.1 cm³/mol. The van der Waals surface area contributed by atoms with Crippen LogP contribution in [0.15, 0.2) is 5.16 Å². The molecule has 0 radical (unpaired) electrons. The van der Waals surface area contributed by atoms with E-state index in [9.17, 15) is 4.79 Å². The van der Waals surface area contributed by atoms with E-state index in [-0.39, 0.29) is 17.2 Å². The fourth-order valence-corrected chi connectivity index (χ4v) is 2.93. The summed E-state index contributed by atoms with van der Waals surface area (Å²) in [6.45, 7) is 11.3. The van der Waals surface area contributed by atoms with Crippen LogP contribution in [0, 0.1) is 0 Å². The van der Waals surface area contributed by atoms with E-state index in [1.54, 1.807) is 0 Å². The van der Waals surface area contributed by atoms with Crippen LogP contribution in [0.1, 0.15) is 40.7 Å². The summed E-state index contributed by atoms with van der Waals surface area (Å²) < 4.78 is 1.84. The van der Waals surface area contributed by atoms with E-state index in [0.29, 0.717) is 11.1 Å². The molecule has 0 aromatic carbocycles. The van der Waals surface area contributed by atoms with Gasteiger partial charge in [-0.25, -0.2) is 0 Å². The van der Waals surface area contributed by atoms with Crippen molar-refractivity contribution >= 4 is 23.6 Å². The first-order chi connectivity index (χ1) is 8.92. The molecule has 0 aliphatic heterocycles. The molecule has 6 nitrogen and oxygen atoms in total. The van der Waals surface area contributed by atoms with Crippen molar-refractivity contribution in [3.8, 4) is 0 Å². The molecule has 0 aliphatic carbocycles. The minimum Gasteiger partial charge on any atom is -0.368 e. The van der Waals surface area contributed by atoms with Gasteiger partial charge in [0.05, 0.1) is 5.25 Å². The van der Waals surface area contributed by atoms with Crippen LogP contribution >= 0.6 is 11.8 Å². The van der Waals surface area contributed by atoms with Crippen molar-refractivity contribution in [3.05, 3.63) is 0 Å². The molecular formula is C12H23N5OS. The van der Waals surface area contributed by atoms with Crippen LogP contribution in [-0.2, 0) is 4.79 Å². The largest absolute Gasteiger partial charge is 0.368 e. The van der Waals surface area contributed by atoms with Gasteiger partial charge in [0.25, 0.3) is 0 Å². The van der Waals surface area contributed by atoms with Gasteiger partial charge < -0.3 is 10.6 Å². The highest BCUT2D eigenvalue weighted by molar-refractivity contribution is 8.00. The molecule has 7 heteroatoms. The summed E-state index contributed by atoms with van der Waals surface area (Å²) in [5.41, 5.74) is 5.79. The fraction of sp³-hybridized carbons (Fsp3) is 0.750. The summed E-state index contributed by atoms with van der Waals surface area (Å²) >= 11 is 1.40. The van der Waals surface area contributed by atoms with Gasteiger partial charge in [-0.3, -0.25) is 9.36 Å². The van der Waals surface area contributed by atoms with Crippen LogP contribution < -0.4 is 5.73 Å². The van der Waals surface area contributed by atoms with Crippen LogP contribution in [0.25, 0.3) is 0 Å². The lowest BCUT2D eigenvalue weighted by Gasteiger charge is -2.22. The van der Waals surface area contributed by atoms with Crippen molar-refractivity contribution in [1.82, 2.24) is 19.7 Å². The van der Waals surface area contributed by atoms with Crippen molar-refractivity contribution in [2.75, 3.05) is 18.8 Å². The molecule has 0 saturated heterocycles. The number of hydrogen-bond donors (Lipinski definition) is 1. The molecule has 0 aliphatic rings. The highest BCUT2D eigenvalue weighted by Gasteiger charge is 2.23. The van der Waals surface area contributed by atoms with Gasteiger partial charge in [-0.15, -0.1) is 10.2 Å². The van der Waals surface area contributed by atoms with Crippen LogP contribution in [0.3, 0.4) is 0 Å². The summed E-state index contributed by atoms with van der Waals surface area (Å²) in [6, 6.07) is 0.174. The van der Waals surface area contributed by atoms with Gasteiger partial charge in [-0.1, -0.05) is 11.8 Å². The summed E-state index contributed by atoms with van der Waals surface area (Å²) in [4.78, 5) is 14.0. The second-order valence-corrected chi connectivity index (χ2v) is 5.88. The van der Waals surface area contributed by atoms with E-state index in [2.05, 4.69) is 10.2 Å². The molecule has 0 saturated carbocycles. The Labute approximate surface area is 118 Å². The highest BCUT2D eigenvalue weighted by atomic mass is 32.2. The van der Waals surface area contributed by atoms with E-state index in [0.717, 1.165) is 13.1 Å². The lowest BCUT2D eigenvalue weighted by atomic mass is 10.4. The average molecular weight is 285 g/mol. The molecule has 1 unspecified atom stereocenters. The maximum atomic E-state index is 12.2. The molecule has 0 spiro atoms. The number of anilines is 1. The topological polar surface area (TPSA) is 77.0 Å². The summed E-state index contributed by atoms with van der Waals surface area (Å²) in [6.07, 6.45) is 0. The normalized spacial score (nSPS) is 12.7. The Bertz CT molecular complexity index is 428. The van der Waals surface area contributed by atoms with Crippen LogP contribution in [0.5, 0.6) is 0 Å². The smallest absolute Gasteiger partial charge is 0.235 e. The van der Waals surface area contributed by atoms with Gasteiger partial charge in [0.15, 0.2) is 5.16 Å². The Morgan fingerprint density at radius 1 is 1.32 bits per heavy atom. The first-order valence-corrected chi connectivity index (χ1v) is 7.46. The predicted octanol–water partition coefficient (Wildman–Crippen LogP) is 1.79. The number of nitrogen functional groups attached to an aromatic ring is 1. The molecule has 0 bridgehead atoms. The van der Waals surface area contributed by atoms with Crippen molar-refractivity contribution in [2.24, 2.45) is 0 Å². The number of nitrogens with zero attached hydrogens (tertiary/aromatic N) is 4. The van der Waals surface area contributed by atoms with E-state index in [1.165, 1.54) is 11.8 Å². The Morgan fingerprint density at radius 3 is 2.37 bits per heavy atom. The third-order valence-corrected chi connectivity index (χ3v) is 3.96. The number of rotatable bonds is 6. The number of thioether (sulfide) groups is 1. The fourth-order valence-electron chi connectivity index (χ4n) is 1.86. The first kappa shape index (κ1) is 15.8. The Balaban J connectivity index is 2.82. The summed E-state index contributed by atoms with van der Waals surface area (Å²) in [7, 11) is 0. The molecule has 1 aromatic heterocycles. The maximum Gasteiger partial charge on any atom is 0.235 e. The van der Waals surface area contributed by atoms with Crippen molar-refractivity contribution < 1.29 is 4.79 Å². The zero-order chi connectivity index (χ0) is 14.6. The minimum atomic E-state index is -0.194. The lowest BCUT2D eigenvalue weighted by molar-refractivity contribution is -0.129. The van der Waals surface area contributed by atoms with E-state index < -0.39 is 0 Å².